The molecule has 0 heterocycles. The van der Waals surface area contributed by atoms with Gasteiger partial charge >= 0.3 is 83.1 Å². The molecule has 0 saturated carbocycles. The second-order valence-electron chi connectivity index (χ2n) is 3.26. The molecule has 90 valence electrons. The van der Waals surface area contributed by atoms with Crippen LogP contribution in [-0.2, 0) is 4.57 Å². The molecular weight excluding hydrogens is 303 g/mol. The molecule has 0 aliphatic rings. The van der Waals surface area contributed by atoms with Crippen molar-refractivity contribution in [2.24, 2.45) is 0 Å². The first-order chi connectivity index (χ1) is 7.68. The van der Waals surface area contributed by atoms with Gasteiger partial charge in [-0.3, -0.25) is 0 Å². The molecular formula is C12H15Ca2O3P. The normalized spacial score (nSPS) is 12.5. The standard InChI is InChI=1S/C12H11O3P.2Ca.4H/c13-16(14,12-9-5-2-6-10-12)15-11-7-3-1-4-8-11;;;;;;/h1-10H,(H,13,14);;;;;;. The van der Waals surface area contributed by atoms with Crippen LogP contribution in [0.4, 0.5) is 0 Å². The summed E-state index contributed by atoms with van der Waals surface area (Å²) in [6.07, 6.45) is 0. The van der Waals surface area contributed by atoms with Crippen molar-refractivity contribution in [2.45, 2.75) is 0 Å². The van der Waals surface area contributed by atoms with E-state index in [0.29, 0.717) is 11.1 Å². The van der Waals surface area contributed by atoms with Crippen LogP contribution in [0.5, 0.6) is 5.75 Å². The SMILES string of the molecule is O=P(O)(Oc1ccccc1)c1ccccc1.[CaH2].[CaH2]. The summed E-state index contributed by atoms with van der Waals surface area (Å²) in [6, 6.07) is 16.9. The summed E-state index contributed by atoms with van der Waals surface area (Å²) in [5, 5.41) is 0.291. The van der Waals surface area contributed by atoms with Crippen molar-refractivity contribution in [3.05, 3.63) is 60.7 Å². The van der Waals surface area contributed by atoms with Gasteiger partial charge in [0, 0.05) is 0 Å². The molecule has 0 bridgehead atoms. The summed E-state index contributed by atoms with van der Waals surface area (Å²) in [4.78, 5) is 9.77. The summed E-state index contributed by atoms with van der Waals surface area (Å²) in [5.41, 5.74) is 0. The molecule has 2 aromatic rings. The maximum atomic E-state index is 11.9. The van der Waals surface area contributed by atoms with E-state index in [9.17, 15) is 9.46 Å². The Kier molecular flexibility index (Phi) is 9.46. The van der Waals surface area contributed by atoms with E-state index in [2.05, 4.69) is 0 Å². The van der Waals surface area contributed by atoms with Gasteiger partial charge < -0.3 is 9.42 Å². The number of para-hydroxylation sites is 1. The first-order valence-corrected chi connectivity index (χ1v) is 6.39. The van der Waals surface area contributed by atoms with Crippen molar-refractivity contribution in [1.29, 1.82) is 0 Å². The van der Waals surface area contributed by atoms with E-state index in [-0.39, 0.29) is 75.5 Å². The molecule has 0 fully saturated rings. The van der Waals surface area contributed by atoms with Crippen LogP contribution in [0, 0.1) is 0 Å². The first kappa shape index (κ1) is 18.9. The van der Waals surface area contributed by atoms with Gasteiger partial charge in [-0.05, 0) is 24.3 Å². The van der Waals surface area contributed by atoms with Crippen LogP contribution < -0.4 is 9.83 Å². The first-order valence-electron chi connectivity index (χ1n) is 4.81. The van der Waals surface area contributed by atoms with E-state index in [1.54, 1.807) is 54.6 Å². The molecule has 0 radical (unpaired) electrons. The minimum atomic E-state index is -3.77. The molecule has 3 nitrogen and oxygen atoms in total. The molecule has 2 rings (SSSR count). The van der Waals surface area contributed by atoms with Crippen LogP contribution in [0.15, 0.2) is 60.7 Å². The fourth-order valence-electron chi connectivity index (χ4n) is 1.29. The Morgan fingerprint density at radius 1 is 0.833 bits per heavy atom. The fraction of sp³-hybridized carbons (Fsp3) is 0. The zero-order valence-electron chi connectivity index (χ0n) is 8.48. The maximum absolute atomic E-state index is 11.9. The molecule has 2 aromatic carbocycles. The molecule has 18 heavy (non-hydrogen) atoms. The Bertz CT molecular complexity index is 505. The topological polar surface area (TPSA) is 46.5 Å². The molecule has 0 aliphatic carbocycles. The average Bonchev–Trinajstić information content (AvgIpc) is 2.31. The van der Waals surface area contributed by atoms with Gasteiger partial charge in [-0.15, -0.1) is 0 Å². The van der Waals surface area contributed by atoms with Gasteiger partial charge in [-0.2, -0.15) is 0 Å². The molecule has 0 aromatic heterocycles. The molecule has 0 saturated heterocycles. The molecule has 0 amide bonds. The third kappa shape index (κ3) is 5.52. The zero-order chi connectivity index (χ0) is 11.4. The third-order valence-corrected chi connectivity index (χ3v) is 3.46. The van der Waals surface area contributed by atoms with Crippen LogP contribution >= 0.6 is 7.60 Å². The Labute approximate surface area is 166 Å². The van der Waals surface area contributed by atoms with Gasteiger partial charge in [0.2, 0.25) is 0 Å². The van der Waals surface area contributed by atoms with Gasteiger partial charge in [-0.1, -0.05) is 36.4 Å². The van der Waals surface area contributed by atoms with Crippen LogP contribution in [0.2, 0.25) is 0 Å². The summed E-state index contributed by atoms with van der Waals surface area (Å²) in [5.74, 6) is 0.386. The predicted octanol–water partition coefficient (Wildman–Crippen LogP) is 0.744. The second kappa shape index (κ2) is 8.99. The van der Waals surface area contributed by atoms with Crippen LogP contribution in [0.3, 0.4) is 0 Å². The van der Waals surface area contributed by atoms with E-state index in [0.717, 1.165) is 0 Å². The Morgan fingerprint density at radius 2 is 1.28 bits per heavy atom. The van der Waals surface area contributed by atoms with Crippen molar-refractivity contribution in [3.8, 4) is 5.75 Å². The average molecular weight is 318 g/mol. The fourth-order valence-corrected chi connectivity index (χ4v) is 2.36. The summed E-state index contributed by atoms with van der Waals surface area (Å²) in [6.45, 7) is 0. The van der Waals surface area contributed by atoms with Crippen molar-refractivity contribution in [2.75, 3.05) is 0 Å². The van der Waals surface area contributed by atoms with Crippen molar-refractivity contribution < 1.29 is 14.0 Å². The third-order valence-electron chi connectivity index (χ3n) is 2.05. The number of rotatable bonds is 3. The van der Waals surface area contributed by atoms with E-state index >= 15 is 0 Å². The summed E-state index contributed by atoms with van der Waals surface area (Å²) < 4.78 is 17.0. The Hall–Kier alpha value is 0.949. The van der Waals surface area contributed by atoms with Gasteiger partial charge in [0.25, 0.3) is 0 Å². The van der Waals surface area contributed by atoms with Crippen LogP contribution in [-0.4, -0.2) is 80.4 Å². The number of benzene rings is 2. The van der Waals surface area contributed by atoms with Crippen LogP contribution in [0.25, 0.3) is 0 Å². The van der Waals surface area contributed by atoms with Gasteiger partial charge in [0.1, 0.15) is 5.75 Å². The quantitative estimate of drug-likeness (QED) is 0.671. The molecule has 0 aliphatic heterocycles. The summed E-state index contributed by atoms with van der Waals surface area (Å²) in [7, 11) is -3.77. The van der Waals surface area contributed by atoms with Gasteiger partial charge in [0.05, 0.1) is 5.30 Å². The predicted molar refractivity (Wildman–Crippen MR) is 80.1 cm³/mol. The summed E-state index contributed by atoms with van der Waals surface area (Å²) >= 11 is 0. The van der Waals surface area contributed by atoms with Crippen LogP contribution in [0.1, 0.15) is 0 Å². The van der Waals surface area contributed by atoms with E-state index in [1.165, 1.54) is 0 Å². The monoisotopic (exact) mass is 318 g/mol. The van der Waals surface area contributed by atoms with E-state index < -0.39 is 7.60 Å². The molecule has 1 atom stereocenters. The van der Waals surface area contributed by atoms with Crippen molar-refractivity contribution >= 4 is 88.4 Å². The van der Waals surface area contributed by atoms with Gasteiger partial charge in [0.15, 0.2) is 0 Å². The van der Waals surface area contributed by atoms with Gasteiger partial charge in [-0.25, -0.2) is 4.57 Å². The Balaban J connectivity index is 0.00000144. The minimum absolute atomic E-state index is 0. The Morgan fingerprint density at radius 3 is 1.78 bits per heavy atom. The van der Waals surface area contributed by atoms with E-state index in [1.807, 2.05) is 6.07 Å². The second-order valence-corrected chi connectivity index (χ2v) is 5.00. The zero-order valence-corrected chi connectivity index (χ0v) is 9.38. The van der Waals surface area contributed by atoms with Crippen molar-refractivity contribution in [3.63, 3.8) is 0 Å². The number of hydrogen-bond donors (Lipinski definition) is 1. The van der Waals surface area contributed by atoms with Crippen molar-refractivity contribution in [1.82, 2.24) is 0 Å². The molecule has 0 spiro atoms. The van der Waals surface area contributed by atoms with E-state index in [4.69, 9.17) is 4.52 Å². The molecule has 1 N–H and O–H groups in total. The number of hydrogen-bond acceptors (Lipinski definition) is 2. The molecule has 6 heteroatoms. The molecule has 1 unspecified atom stereocenters.